The summed E-state index contributed by atoms with van der Waals surface area (Å²) in [6.07, 6.45) is 3.40. The molecule has 6 nitrogen and oxygen atoms in total. The van der Waals surface area contributed by atoms with Crippen molar-refractivity contribution in [1.82, 2.24) is 4.90 Å². The van der Waals surface area contributed by atoms with Crippen LogP contribution in [-0.4, -0.2) is 41.5 Å². The Kier molecular flexibility index (Phi) is 6.46. The second-order valence-electron chi connectivity index (χ2n) is 8.03. The summed E-state index contributed by atoms with van der Waals surface area (Å²) >= 11 is 3.37. The lowest BCUT2D eigenvalue weighted by atomic mass is 9.99. The molecule has 2 amide bonds. The Bertz CT molecular complexity index is 955. The number of carbonyl (C=O) groups is 2. The van der Waals surface area contributed by atoms with Crippen molar-refractivity contribution in [1.29, 1.82) is 0 Å². The summed E-state index contributed by atoms with van der Waals surface area (Å²) in [7, 11) is 0. The zero-order chi connectivity index (χ0) is 22.0. The van der Waals surface area contributed by atoms with Gasteiger partial charge in [0.1, 0.15) is 23.4 Å². The van der Waals surface area contributed by atoms with E-state index in [9.17, 15) is 14.0 Å². The average Bonchev–Trinajstić information content (AvgIpc) is 2.99. The van der Waals surface area contributed by atoms with Gasteiger partial charge in [0, 0.05) is 35.0 Å². The van der Waals surface area contributed by atoms with Crippen LogP contribution >= 0.6 is 15.9 Å². The largest absolute Gasteiger partial charge is 0.490 e. The third-order valence-electron chi connectivity index (χ3n) is 5.83. The van der Waals surface area contributed by atoms with Crippen molar-refractivity contribution < 1.29 is 23.5 Å². The van der Waals surface area contributed by atoms with E-state index in [-0.39, 0.29) is 42.9 Å². The number of hydrogen-bond donors (Lipinski definition) is 1. The molecule has 2 aromatic rings. The number of nitrogens with two attached hydrogens (primary N) is 1. The molecule has 2 heterocycles. The molecule has 2 saturated heterocycles. The van der Waals surface area contributed by atoms with Crippen molar-refractivity contribution in [2.75, 3.05) is 6.61 Å². The van der Waals surface area contributed by atoms with Crippen molar-refractivity contribution in [3.8, 4) is 11.5 Å². The number of hydrogen-bond acceptors (Lipinski definition) is 4. The molecule has 8 heteroatoms. The van der Waals surface area contributed by atoms with Gasteiger partial charge in [-0.25, -0.2) is 4.39 Å². The molecule has 2 fully saturated rings. The Morgan fingerprint density at radius 2 is 1.77 bits per heavy atom. The van der Waals surface area contributed by atoms with Crippen LogP contribution in [0, 0.1) is 5.82 Å². The summed E-state index contributed by atoms with van der Waals surface area (Å²) in [6, 6.07) is 11.5. The molecule has 1 unspecified atom stereocenters. The highest BCUT2D eigenvalue weighted by Crippen LogP contribution is 2.37. The first-order chi connectivity index (χ1) is 14.9. The number of piperidine rings is 1. The summed E-state index contributed by atoms with van der Waals surface area (Å²) in [5.74, 6) is 0.303. The summed E-state index contributed by atoms with van der Waals surface area (Å²) in [5, 5.41) is 0. The third kappa shape index (κ3) is 5.18. The maximum atomic E-state index is 13.1. The van der Waals surface area contributed by atoms with Crippen molar-refractivity contribution >= 4 is 27.7 Å². The lowest BCUT2D eigenvalue weighted by Gasteiger charge is -2.38. The molecule has 0 aliphatic carbocycles. The molecule has 2 N–H and O–H groups in total. The molecule has 31 heavy (non-hydrogen) atoms. The molecule has 2 aliphatic rings. The quantitative estimate of drug-likeness (QED) is 0.642. The smallest absolute Gasteiger partial charge is 0.261 e. The lowest BCUT2D eigenvalue weighted by Crippen LogP contribution is -2.50. The molecule has 2 aromatic carbocycles. The van der Waals surface area contributed by atoms with E-state index in [1.807, 2.05) is 4.90 Å². The number of primary amides is 1. The van der Waals surface area contributed by atoms with Crippen LogP contribution in [0.3, 0.4) is 0 Å². The minimum atomic E-state index is -0.462. The van der Waals surface area contributed by atoms with Crippen molar-refractivity contribution in [2.24, 2.45) is 5.73 Å². The SMILES string of the molecule is NC(=O)Cc1cc(Br)ccc1OCC(=O)N1[C@@H]2CC[C@H]1CC(Oc1ccc(F)cc1)C2. The van der Waals surface area contributed by atoms with Gasteiger partial charge in [0.25, 0.3) is 5.91 Å². The molecule has 164 valence electrons. The number of ether oxygens (including phenoxy) is 2. The Morgan fingerprint density at radius 1 is 1.10 bits per heavy atom. The molecule has 0 spiro atoms. The van der Waals surface area contributed by atoms with E-state index in [2.05, 4.69) is 15.9 Å². The zero-order valence-electron chi connectivity index (χ0n) is 16.9. The summed E-state index contributed by atoms with van der Waals surface area (Å²) in [5.41, 5.74) is 5.96. The predicted octanol–water partition coefficient (Wildman–Crippen LogP) is 3.60. The first-order valence-corrected chi connectivity index (χ1v) is 11.1. The van der Waals surface area contributed by atoms with Gasteiger partial charge in [-0.05, 0) is 55.3 Å². The second-order valence-corrected chi connectivity index (χ2v) is 8.95. The molecule has 2 aliphatic heterocycles. The van der Waals surface area contributed by atoms with E-state index < -0.39 is 5.91 Å². The van der Waals surface area contributed by atoms with E-state index in [0.29, 0.717) is 17.1 Å². The van der Waals surface area contributed by atoms with Gasteiger partial charge in [-0.2, -0.15) is 0 Å². The van der Waals surface area contributed by atoms with Crippen molar-refractivity contribution in [3.63, 3.8) is 0 Å². The lowest BCUT2D eigenvalue weighted by molar-refractivity contribution is -0.139. The number of rotatable bonds is 7. The molecule has 2 bridgehead atoms. The molecule has 0 saturated carbocycles. The Labute approximate surface area is 188 Å². The highest BCUT2D eigenvalue weighted by atomic mass is 79.9. The van der Waals surface area contributed by atoms with Crippen LogP contribution in [-0.2, 0) is 16.0 Å². The van der Waals surface area contributed by atoms with Gasteiger partial charge < -0.3 is 20.1 Å². The number of fused-ring (bicyclic) bond motifs is 2. The zero-order valence-corrected chi connectivity index (χ0v) is 18.5. The van der Waals surface area contributed by atoms with Crippen LogP contribution in [0.4, 0.5) is 4.39 Å². The van der Waals surface area contributed by atoms with Gasteiger partial charge in [-0.15, -0.1) is 0 Å². The third-order valence-corrected chi connectivity index (χ3v) is 6.33. The average molecular weight is 491 g/mol. The summed E-state index contributed by atoms with van der Waals surface area (Å²) in [4.78, 5) is 26.2. The van der Waals surface area contributed by atoms with E-state index in [1.54, 1.807) is 30.3 Å². The normalized spacial score (nSPS) is 22.3. The fourth-order valence-corrected chi connectivity index (χ4v) is 4.97. The maximum Gasteiger partial charge on any atom is 0.261 e. The van der Waals surface area contributed by atoms with Crippen LogP contribution in [0.25, 0.3) is 0 Å². The first kappa shape index (κ1) is 21.6. The topological polar surface area (TPSA) is 81.9 Å². The number of halogens is 2. The maximum absolute atomic E-state index is 13.1. The standard InChI is InChI=1S/C23H24BrFN2O4/c24-15-1-8-21(14(9-15)10-22(26)28)30-13-23(29)27-17-4-5-18(27)12-20(11-17)31-19-6-2-16(25)3-7-19/h1-3,6-9,17-18,20H,4-5,10-13H2,(H2,26,28)/t17-,18+,20?. The highest BCUT2D eigenvalue weighted by Gasteiger charge is 2.44. The molecular weight excluding hydrogens is 467 g/mol. The summed E-state index contributed by atoms with van der Waals surface area (Å²) in [6.45, 7) is -0.0934. The Balaban J connectivity index is 1.36. The number of nitrogens with zero attached hydrogens (tertiary/aromatic N) is 1. The van der Waals surface area contributed by atoms with Crippen molar-refractivity contribution in [2.45, 2.75) is 50.3 Å². The van der Waals surface area contributed by atoms with E-state index in [4.69, 9.17) is 15.2 Å². The van der Waals surface area contributed by atoms with Gasteiger partial charge >= 0.3 is 0 Å². The van der Waals surface area contributed by atoms with Crippen LogP contribution in [0.1, 0.15) is 31.2 Å². The highest BCUT2D eigenvalue weighted by molar-refractivity contribution is 9.10. The fraction of sp³-hybridized carbons (Fsp3) is 0.391. The summed E-state index contributed by atoms with van der Waals surface area (Å²) < 4.78 is 25.7. The first-order valence-electron chi connectivity index (χ1n) is 10.3. The molecule has 3 atom stereocenters. The fourth-order valence-electron chi connectivity index (χ4n) is 4.56. The number of carbonyl (C=O) groups excluding carboxylic acids is 2. The van der Waals surface area contributed by atoms with Gasteiger partial charge in [0.2, 0.25) is 5.91 Å². The minimum absolute atomic E-state index is 0.00146. The van der Waals surface area contributed by atoms with Gasteiger partial charge in [0.15, 0.2) is 6.61 Å². The van der Waals surface area contributed by atoms with Crippen molar-refractivity contribution in [3.05, 3.63) is 58.3 Å². The molecular formula is C23H24BrFN2O4. The predicted molar refractivity (Wildman–Crippen MR) is 116 cm³/mol. The van der Waals surface area contributed by atoms with E-state index in [0.717, 1.165) is 30.2 Å². The second kappa shape index (κ2) is 9.26. The Morgan fingerprint density at radius 3 is 2.42 bits per heavy atom. The van der Waals surface area contributed by atoms with Crippen LogP contribution in [0.5, 0.6) is 11.5 Å². The van der Waals surface area contributed by atoms with Gasteiger partial charge in [-0.3, -0.25) is 9.59 Å². The van der Waals surface area contributed by atoms with E-state index >= 15 is 0 Å². The van der Waals surface area contributed by atoms with Crippen LogP contribution < -0.4 is 15.2 Å². The van der Waals surface area contributed by atoms with E-state index in [1.165, 1.54) is 12.1 Å². The molecule has 0 aromatic heterocycles. The molecule has 0 radical (unpaired) electrons. The monoisotopic (exact) mass is 490 g/mol. The minimum Gasteiger partial charge on any atom is -0.490 e. The Hall–Kier alpha value is -2.61. The van der Waals surface area contributed by atoms with Crippen LogP contribution in [0.2, 0.25) is 0 Å². The van der Waals surface area contributed by atoms with Crippen LogP contribution in [0.15, 0.2) is 46.9 Å². The number of amides is 2. The van der Waals surface area contributed by atoms with Gasteiger partial charge in [-0.1, -0.05) is 15.9 Å². The van der Waals surface area contributed by atoms with Gasteiger partial charge in [0.05, 0.1) is 6.42 Å². The molecule has 4 rings (SSSR count). The number of benzene rings is 2.